The van der Waals surface area contributed by atoms with Gasteiger partial charge in [-0.3, -0.25) is 4.79 Å². The highest BCUT2D eigenvalue weighted by molar-refractivity contribution is 7.89. The first-order chi connectivity index (χ1) is 14.4. The molecule has 2 heterocycles. The largest absolute Gasteiger partial charge is 0.481 e. The number of carbonyl (C=O) groups excluding carboxylic acids is 1. The smallest absolute Gasteiger partial charge is 0.267 e. The lowest BCUT2D eigenvalue weighted by Crippen LogP contribution is -2.39. The van der Waals surface area contributed by atoms with E-state index >= 15 is 0 Å². The van der Waals surface area contributed by atoms with Crippen LogP contribution in [-0.4, -0.2) is 44.4 Å². The third-order valence-electron chi connectivity index (χ3n) is 5.64. The number of anilines is 1. The molecule has 1 unspecified atom stereocenters. The van der Waals surface area contributed by atoms with Gasteiger partial charge in [0.15, 0.2) is 6.10 Å². The normalized spacial score (nSPS) is 18.1. The van der Waals surface area contributed by atoms with Crippen LogP contribution < -0.4 is 9.64 Å². The van der Waals surface area contributed by atoms with E-state index in [1.807, 2.05) is 0 Å². The van der Waals surface area contributed by atoms with Crippen molar-refractivity contribution in [1.29, 1.82) is 0 Å². The first kappa shape index (κ1) is 20.8. The highest BCUT2D eigenvalue weighted by Crippen LogP contribution is 2.32. The summed E-state index contributed by atoms with van der Waals surface area (Å²) in [6.45, 7) is 3.24. The number of halogens is 1. The zero-order valence-electron chi connectivity index (χ0n) is 16.9. The molecule has 0 radical (unpaired) electrons. The fourth-order valence-corrected chi connectivity index (χ4v) is 5.58. The molecule has 160 valence electrons. The minimum atomic E-state index is -3.51. The van der Waals surface area contributed by atoms with E-state index in [1.165, 1.54) is 24.3 Å². The number of amides is 1. The minimum Gasteiger partial charge on any atom is -0.481 e. The Kier molecular flexibility index (Phi) is 5.79. The lowest BCUT2D eigenvalue weighted by atomic mass is 10.2. The lowest BCUT2D eigenvalue weighted by molar-refractivity contribution is -0.124. The van der Waals surface area contributed by atoms with Gasteiger partial charge in [-0.1, -0.05) is 6.42 Å². The van der Waals surface area contributed by atoms with E-state index < -0.39 is 16.1 Å². The zero-order valence-corrected chi connectivity index (χ0v) is 17.7. The van der Waals surface area contributed by atoms with Crippen LogP contribution in [0.1, 0.15) is 31.7 Å². The summed E-state index contributed by atoms with van der Waals surface area (Å²) in [6.07, 6.45) is 2.67. The van der Waals surface area contributed by atoms with Gasteiger partial charge >= 0.3 is 0 Å². The number of piperidine rings is 1. The average Bonchev–Trinajstić information content (AvgIpc) is 3.18. The molecule has 0 saturated carbocycles. The van der Waals surface area contributed by atoms with E-state index in [4.69, 9.17) is 4.74 Å². The van der Waals surface area contributed by atoms with Crippen LogP contribution in [0.3, 0.4) is 0 Å². The van der Waals surface area contributed by atoms with E-state index in [1.54, 1.807) is 34.3 Å². The summed E-state index contributed by atoms with van der Waals surface area (Å²) in [5, 5.41) is 0. The molecule has 0 spiro atoms. The van der Waals surface area contributed by atoms with Crippen molar-refractivity contribution in [2.45, 2.75) is 43.6 Å². The molecule has 6 nitrogen and oxygen atoms in total. The molecule has 4 rings (SSSR count). The first-order valence-electron chi connectivity index (χ1n) is 10.2. The number of hydrogen-bond acceptors (Lipinski definition) is 4. The molecule has 1 saturated heterocycles. The maximum absolute atomic E-state index is 13.1. The van der Waals surface area contributed by atoms with E-state index in [0.717, 1.165) is 24.8 Å². The van der Waals surface area contributed by atoms with Gasteiger partial charge in [-0.15, -0.1) is 0 Å². The van der Waals surface area contributed by atoms with Gasteiger partial charge in [0.1, 0.15) is 11.6 Å². The summed E-state index contributed by atoms with van der Waals surface area (Å²) < 4.78 is 46.1. The Morgan fingerprint density at radius 1 is 1.03 bits per heavy atom. The van der Waals surface area contributed by atoms with Crippen molar-refractivity contribution >= 4 is 21.6 Å². The highest BCUT2D eigenvalue weighted by atomic mass is 32.2. The van der Waals surface area contributed by atoms with Gasteiger partial charge in [-0.2, -0.15) is 4.31 Å². The Hall–Kier alpha value is -2.45. The molecule has 1 fully saturated rings. The number of sulfonamides is 1. The molecule has 1 amide bonds. The zero-order chi connectivity index (χ0) is 21.3. The fourth-order valence-electron chi connectivity index (χ4n) is 4.01. The van der Waals surface area contributed by atoms with Crippen LogP contribution in [0.25, 0.3) is 0 Å². The third kappa shape index (κ3) is 4.06. The number of hydrogen-bond donors (Lipinski definition) is 0. The van der Waals surface area contributed by atoms with Gasteiger partial charge < -0.3 is 9.64 Å². The Labute approximate surface area is 176 Å². The van der Waals surface area contributed by atoms with E-state index in [0.29, 0.717) is 37.5 Å². The van der Waals surface area contributed by atoms with Gasteiger partial charge in [0.25, 0.3) is 5.91 Å². The van der Waals surface area contributed by atoms with Crippen molar-refractivity contribution in [3.05, 3.63) is 53.8 Å². The maximum atomic E-state index is 13.1. The fraction of sp³-hybridized carbons (Fsp3) is 0.409. The van der Waals surface area contributed by atoms with Gasteiger partial charge in [-0.25, -0.2) is 12.8 Å². The monoisotopic (exact) mass is 432 g/mol. The van der Waals surface area contributed by atoms with Crippen LogP contribution in [-0.2, 0) is 21.2 Å². The molecule has 1 atom stereocenters. The molecular weight excluding hydrogens is 407 g/mol. The van der Waals surface area contributed by atoms with Gasteiger partial charge in [0.2, 0.25) is 10.0 Å². The Balaban J connectivity index is 1.50. The Bertz CT molecular complexity index is 1030. The van der Waals surface area contributed by atoms with Crippen molar-refractivity contribution in [2.24, 2.45) is 0 Å². The number of rotatable bonds is 5. The van der Waals surface area contributed by atoms with Crippen molar-refractivity contribution in [1.82, 2.24) is 4.31 Å². The Morgan fingerprint density at radius 3 is 2.43 bits per heavy atom. The predicted molar refractivity (Wildman–Crippen MR) is 112 cm³/mol. The molecular formula is C22H25FN2O4S. The van der Waals surface area contributed by atoms with Gasteiger partial charge in [-0.05, 0) is 74.2 Å². The molecule has 0 N–H and O–H groups in total. The number of nitrogens with zero attached hydrogens (tertiary/aromatic N) is 2. The van der Waals surface area contributed by atoms with Crippen molar-refractivity contribution in [3.63, 3.8) is 0 Å². The number of benzene rings is 2. The molecule has 2 aliphatic rings. The van der Waals surface area contributed by atoms with Gasteiger partial charge in [0.05, 0.1) is 4.90 Å². The molecule has 0 aliphatic carbocycles. The SMILES string of the molecule is CC(Oc1ccc(F)cc1)C(=O)N1CCc2cc(S(=O)(=O)N3CCCCC3)ccc21. The van der Waals surface area contributed by atoms with Crippen LogP contribution in [0.2, 0.25) is 0 Å². The van der Waals surface area contributed by atoms with Crippen molar-refractivity contribution in [2.75, 3.05) is 24.5 Å². The van der Waals surface area contributed by atoms with Crippen LogP contribution in [0.15, 0.2) is 47.4 Å². The van der Waals surface area contributed by atoms with E-state index in [-0.39, 0.29) is 16.6 Å². The summed E-state index contributed by atoms with van der Waals surface area (Å²) in [5.41, 5.74) is 1.56. The first-order valence-corrected chi connectivity index (χ1v) is 11.7. The molecule has 2 aliphatic heterocycles. The second-order valence-corrected chi connectivity index (χ2v) is 9.65. The van der Waals surface area contributed by atoms with Crippen molar-refractivity contribution < 1.29 is 22.3 Å². The summed E-state index contributed by atoms with van der Waals surface area (Å²) >= 11 is 0. The maximum Gasteiger partial charge on any atom is 0.267 e. The Morgan fingerprint density at radius 2 is 1.73 bits per heavy atom. The standard InChI is InChI=1S/C22H25FN2O4S/c1-16(29-19-7-5-18(23)6-8-19)22(26)25-14-11-17-15-20(9-10-21(17)25)30(27,28)24-12-3-2-4-13-24/h5-10,15-16H,2-4,11-14H2,1H3. The van der Waals surface area contributed by atoms with Crippen LogP contribution >= 0.6 is 0 Å². The lowest BCUT2D eigenvalue weighted by Gasteiger charge is -2.26. The molecule has 0 aromatic heterocycles. The summed E-state index contributed by atoms with van der Waals surface area (Å²) in [5.74, 6) is -0.172. The van der Waals surface area contributed by atoms with E-state index in [9.17, 15) is 17.6 Å². The second kappa shape index (κ2) is 8.35. The van der Waals surface area contributed by atoms with Gasteiger partial charge in [0, 0.05) is 25.3 Å². The van der Waals surface area contributed by atoms with Crippen LogP contribution in [0, 0.1) is 5.82 Å². The number of ether oxygens (including phenoxy) is 1. The van der Waals surface area contributed by atoms with Crippen LogP contribution in [0.4, 0.5) is 10.1 Å². The summed E-state index contributed by atoms with van der Waals surface area (Å²) in [4.78, 5) is 14.8. The second-order valence-electron chi connectivity index (χ2n) is 7.71. The molecule has 2 aromatic carbocycles. The molecule has 2 aromatic rings. The highest BCUT2D eigenvalue weighted by Gasteiger charge is 2.32. The predicted octanol–water partition coefficient (Wildman–Crippen LogP) is 3.36. The molecule has 0 bridgehead atoms. The minimum absolute atomic E-state index is 0.218. The number of carbonyl (C=O) groups is 1. The van der Waals surface area contributed by atoms with Crippen LogP contribution in [0.5, 0.6) is 5.75 Å². The average molecular weight is 433 g/mol. The topological polar surface area (TPSA) is 66.9 Å². The third-order valence-corrected chi connectivity index (χ3v) is 7.53. The quantitative estimate of drug-likeness (QED) is 0.727. The molecule has 8 heteroatoms. The molecule has 30 heavy (non-hydrogen) atoms. The number of fused-ring (bicyclic) bond motifs is 1. The summed E-state index contributed by atoms with van der Waals surface area (Å²) in [7, 11) is -3.51. The van der Waals surface area contributed by atoms with Crippen molar-refractivity contribution in [3.8, 4) is 5.75 Å². The van der Waals surface area contributed by atoms with E-state index in [2.05, 4.69) is 0 Å². The summed E-state index contributed by atoms with van der Waals surface area (Å²) in [6, 6.07) is 10.5.